The Kier molecular flexibility index (Phi) is 4.44. The van der Waals surface area contributed by atoms with E-state index in [0.717, 1.165) is 45.1 Å². The predicted octanol–water partition coefficient (Wildman–Crippen LogP) is 1.50. The number of carbonyl (C=O) groups excluding carboxylic acids is 1. The van der Waals surface area contributed by atoms with E-state index in [0.29, 0.717) is 23.6 Å². The first kappa shape index (κ1) is 17.2. The van der Waals surface area contributed by atoms with Crippen LogP contribution in [-0.2, 0) is 0 Å². The van der Waals surface area contributed by atoms with Crippen LogP contribution in [0, 0.1) is 5.92 Å². The zero-order chi connectivity index (χ0) is 17.6. The van der Waals surface area contributed by atoms with Crippen LogP contribution >= 0.6 is 0 Å². The van der Waals surface area contributed by atoms with Crippen molar-refractivity contribution in [2.24, 2.45) is 5.92 Å². The van der Waals surface area contributed by atoms with Gasteiger partial charge in [-0.1, -0.05) is 31.2 Å². The molecule has 2 aliphatic heterocycles. The van der Waals surface area contributed by atoms with Crippen molar-refractivity contribution in [1.29, 1.82) is 0 Å². The van der Waals surface area contributed by atoms with E-state index in [4.69, 9.17) is 0 Å². The quantitative estimate of drug-likeness (QED) is 0.539. The van der Waals surface area contributed by atoms with Crippen LogP contribution in [0.5, 0.6) is 0 Å². The lowest BCUT2D eigenvalue weighted by Crippen LogP contribution is -2.37. The third-order valence-corrected chi connectivity index (χ3v) is 6.61. The van der Waals surface area contributed by atoms with Crippen LogP contribution in [0.15, 0.2) is 24.3 Å². The number of nitrogens with one attached hydrogen (secondary N) is 1. The summed E-state index contributed by atoms with van der Waals surface area (Å²) in [7, 11) is 0. The third-order valence-electron chi connectivity index (χ3n) is 6.61. The van der Waals surface area contributed by atoms with Gasteiger partial charge in [-0.2, -0.15) is 0 Å². The first-order valence-corrected chi connectivity index (χ1v) is 9.47. The van der Waals surface area contributed by atoms with Crippen LogP contribution in [-0.4, -0.2) is 58.4 Å². The number of hydrogen-bond acceptors (Lipinski definition) is 5. The predicted molar refractivity (Wildman–Crippen MR) is 95.4 cm³/mol. The molecule has 25 heavy (non-hydrogen) atoms. The molecular weight excluding hydrogens is 316 g/mol. The molecule has 3 aliphatic rings. The first-order chi connectivity index (χ1) is 12.0. The van der Waals surface area contributed by atoms with E-state index in [9.17, 15) is 15.0 Å². The van der Waals surface area contributed by atoms with Gasteiger partial charge in [0.25, 0.3) is 0 Å². The van der Waals surface area contributed by atoms with Crippen molar-refractivity contribution < 1.29 is 15.0 Å². The van der Waals surface area contributed by atoms with Crippen molar-refractivity contribution in [1.82, 2.24) is 10.2 Å². The maximum absolute atomic E-state index is 10.9. The molecule has 0 amide bonds. The normalized spacial score (nSPS) is 40.7. The van der Waals surface area contributed by atoms with Crippen molar-refractivity contribution >= 4 is 6.29 Å². The van der Waals surface area contributed by atoms with Crippen molar-refractivity contribution in [2.75, 3.05) is 13.1 Å². The second-order valence-electron chi connectivity index (χ2n) is 8.15. The number of piperidine rings is 1. The van der Waals surface area contributed by atoms with E-state index in [1.807, 2.05) is 24.3 Å². The number of aliphatic hydroxyl groups is 2. The van der Waals surface area contributed by atoms with Gasteiger partial charge in [0.05, 0.1) is 6.10 Å². The summed E-state index contributed by atoms with van der Waals surface area (Å²) >= 11 is 0. The summed E-state index contributed by atoms with van der Waals surface area (Å²) < 4.78 is 0. The number of aliphatic hydroxyl groups excluding tert-OH is 1. The molecule has 0 bridgehead atoms. The zero-order valence-corrected chi connectivity index (χ0v) is 14.8. The minimum absolute atomic E-state index is 0.163. The average molecular weight is 344 g/mol. The number of hydrogen-bond donors (Lipinski definition) is 3. The largest absolute Gasteiger partial charge is 0.393 e. The minimum Gasteiger partial charge on any atom is -0.393 e. The number of carbonyl (C=O) groups is 1. The van der Waals surface area contributed by atoms with E-state index in [2.05, 4.69) is 17.1 Å². The molecule has 1 aromatic rings. The molecule has 1 unspecified atom stereocenters. The Morgan fingerprint density at radius 2 is 2.08 bits per heavy atom. The number of nitrogens with zero attached hydrogens (tertiary/aromatic N) is 1. The van der Waals surface area contributed by atoms with Crippen LogP contribution in [0.3, 0.4) is 0 Å². The van der Waals surface area contributed by atoms with Crippen molar-refractivity contribution in [3.8, 4) is 0 Å². The first-order valence-electron chi connectivity index (χ1n) is 9.47. The molecule has 5 heteroatoms. The average Bonchev–Trinajstić information content (AvgIpc) is 2.99. The van der Waals surface area contributed by atoms with Gasteiger partial charge in [-0.05, 0) is 37.2 Å². The van der Waals surface area contributed by atoms with Gasteiger partial charge < -0.3 is 15.5 Å². The number of fused-ring (bicyclic) bond motifs is 1. The maximum Gasteiger partial charge on any atom is 0.150 e. The lowest BCUT2D eigenvalue weighted by Gasteiger charge is -2.24. The van der Waals surface area contributed by atoms with Crippen molar-refractivity contribution in [3.63, 3.8) is 0 Å². The highest BCUT2D eigenvalue weighted by molar-refractivity contribution is 5.74. The van der Waals surface area contributed by atoms with Gasteiger partial charge in [0, 0.05) is 36.7 Å². The summed E-state index contributed by atoms with van der Waals surface area (Å²) in [4.78, 5) is 13.0. The summed E-state index contributed by atoms with van der Waals surface area (Å²) in [5.41, 5.74) is 1.27. The Bertz CT molecular complexity index is 634. The zero-order valence-electron chi connectivity index (χ0n) is 14.8. The summed E-state index contributed by atoms with van der Waals surface area (Å²) in [6.07, 6.45) is 4.43. The Labute approximate surface area is 149 Å². The molecule has 4 rings (SSSR count). The molecule has 3 N–H and O–H groups in total. The Morgan fingerprint density at radius 1 is 1.32 bits per heavy atom. The van der Waals surface area contributed by atoms with E-state index >= 15 is 0 Å². The molecule has 5 nitrogen and oxygen atoms in total. The Hall–Kier alpha value is -1.27. The van der Waals surface area contributed by atoms with Gasteiger partial charge in [-0.3, -0.25) is 9.69 Å². The van der Waals surface area contributed by atoms with Crippen molar-refractivity contribution in [2.45, 2.75) is 62.4 Å². The molecule has 1 saturated carbocycles. The smallest absolute Gasteiger partial charge is 0.150 e. The van der Waals surface area contributed by atoms with E-state index < -0.39 is 5.72 Å². The van der Waals surface area contributed by atoms with Crippen LogP contribution in [0.2, 0.25) is 0 Å². The number of rotatable bonds is 6. The van der Waals surface area contributed by atoms with Gasteiger partial charge in [0.15, 0.2) is 0 Å². The fourth-order valence-corrected chi connectivity index (χ4v) is 4.86. The molecule has 3 fully saturated rings. The molecule has 1 aliphatic carbocycles. The summed E-state index contributed by atoms with van der Waals surface area (Å²) in [6, 6.07) is 8.52. The molecule has 0 radical (unpaired) electrons. The Morgan fingerprint density at radius 3 is 2.72 bits per heavy atom. The van der Waals surface area contributed by atoms with Crippen LogP contribution in [0.1, 0.15) is 54.4 Å². The standard InChI is InChI=1S/C20H28N2O3/c1-13(15-4-2-14(11-23)3-5-15)19-8-16(20(25)12-22(19)20)10-21-17-6-7-18(24)9-17/h2-5,11,13,16-19,21,24-25H,6-10,12H2,1H3/t13-,16+,17-,18-,19+,20-,22?/m1/s1. The summed E-state index contributed by atoms with van der Waals surface area (Å²) in [5, 5.41) is 24.1. The number of aldehydes is 1. The highest BCUT2D eigenvalue weighted by Crippen LogP contribution is 2.52. The third kappa shape index (κ3) is 3.14. The fraction of sp³-hybridized carbons (Fsp3) is 0.650. The topological polar surface area (TPSA) is 72.6 Å². The lowest BCUT2D eigenvalue weighted by molar-refractivity contribution is 0.0605. The monoisotopic (exact) mass is 344 g/mol. The van der Waals surface area contributed by atoms with Crippen LogP contribution in [0.4, 0.5) is 0 Å². The molecular formula is C20H28N2O3. The summed E-state index contributed by atoms with van der Waals surface area (Å²) in [6.45, 7) is 3.79. The number of benzene rings is 1. The van der Waals surface area contributed by atoms with Crippen molar-refractivity contribution in [3.05, 3.63) is 35.4 Å². The molecule has 2 saturated heterocycles. The van der Waals surface area contributed by atoms with Crippen LogP contribution in [0.25, 0.3) is 0 Å². The van der Waals surface area contributed by atoms with Crippen LogP contribution < -0.4 is 5.32 Å². The highest BCUT2D eigenvalue weighted by atomic mass is 16.3. The molecule has 0 spiro atoms. The Balaban J connectivity index is 1.38. The lowest BCUT2D eigenvalue weighted by atomic mass is 9.87. The maximum atomic E-state index is 10.9. The molecule has 2 heterocycles. The molecule has 0 aromatic heterocycles. The molecule has 136 valence electrons. The fourth-order valence-electron chi connectivity index (χ4n) is 4.86. The summed E-state index contributed by atoms with van der Waals surface area (Å²) in [5.74, 6) is 0.569. The van der Waals surface area contributed by atoms with Gasteiger partial charge in [-0.15, -0.1) is 0 Å². The second kappa shape index (κ2) is 6.47. The van der Waals surface area contributed by atoms with E-state index in [1.54, 1.807) is 0 Å². The van der Waals surface area contributed by atoms with E-state index in [-0.39, 0.29) is 12.0 Å². The van der Waals surface area contributed by atoms with Gasteiger partial charge in [0.2, 0.25) is 0 Å². The van der Waals surface area contributed by atoms with Gasteiger partial charge in [-0.25, -0.2) is 0 Å². The molecule has 1 aromatic carbocycles. The van der Waals surface area contributed by atoms with Gasteiger partial charge in [0.1, 0.15) is 12.0 Å². The highest BCUT2D eigenvalue weighted by Gasteiger charge is 2.65. The van der Waals surface area contributed by atoms with E-state index in [1.165, 1.54) is 5.56 Å². The second-order valence-corrected chi connectivity index (χ2v) is 8.15. The molecule has 7 atom stereocenters. The SMILES string of the molecule is C[C@H](c1ccc(C=O)cc1)[C@@H]1C[C@@H](CN[C@@H]2CC[C@@H](O)C2)[C@]2(O)CN12. The van der Waals surface area contributed by atoms with Gasteiger partial charge >= 0.3 is 0 Å². The minimum atomic E-state index is -0.647.